The monoisotopic (exact) mass is 375 g/mol. The van der Waals surface area contributed by atoms with E-state index >= 15 is 0 Å². The van der Waals surface area contributed by atoms with E-state index in [1.165, 1.54) is 29.8 Å². The number of nitrogens with zero attached hydrogens (tertiary/aromatic N) is 2. The molecule has 1 amide bonds. The van der Waals surface area contributed by atoms with Crippen molar-refractivity contribution in [1.82, 2.24) is 8.61 Å². The lowest BCUT2D eigenvalue weighted by Gasteiger charge is -2.32. The number of ether oxygens (including phenoxy) is 1. The number of nitrogens with one attached hydrogen (secondary N) is 1. The van der Waals surface area contributed by atoms with Gasteiger partial charge in [-0.15, -0.1) is 0 Å². The molecule has 0 spiro atoms. The molecular weight excluding hydrogens is 354 g/mol. The average molecular weight is 376 g/mol. The summed E-state index contributed by atoms with van der Waals surface area (Å²) >= 11 is 6.04. The molecule has 9 heteroatoms. The van der Waals surface area contributed by atoms with E-state index in [9.17, 15) is 13.2 Å². The summed E-state index contributed by atoms with van der Waals surface area (Å²) in [5, 5.41) is 3.24. The van der Waals surface area contributed by atoms with Crippen LogP contribution in [0.3, 0.4) is 0 Å². The highest BCUT2D eigenvalue weighted by molar-refractivity contribution is 7.86. The lowest BCUT2D eigenvalue weighted by atomic mass is 9.97. The maximum Gasteiger partial charge on any atom is 0.281 e. The number of carbonyl (C=O) groups excluding carboxylic acids is 1. The molecule has 7 nitrogen and oxygen atoms in total. The molecule has 134 valence electrons. The fourth-order valence-corrected chi connectivity index (χ4v) is 3.96. The van der Waals surface area contributed by atoms with Crippen LogP contribution in [0.5, 0.6) is 5.75 Å². The second-order valence-electron chi connectivity index (χ2n) is 5.80. The van der Waals surface area contributed by atoms with E-state index in [0.717, 1.165) is 0 Å². The fourth-order valence-electron chi connectivity index (χ4n) is 2.57. The molecule has 1 aromatic rings. The molecule has 1 heterocycles. The predicted molar refractivity (Wildman–Crippen MR) is 93.5 cm³/mol. The zero-order valence-corrected chi connectivity index (χ0v) is 15.5. The van der Waals surface area contributed by atoms with Gasteiger partial charge in [0.15, 0.2) is 0 Å². The van der Waals surface area contributed by atoms with E-state index in [0.29, 0.717) is 42.4 Å². The van der Waals surface area contributed by atoms with Gasteiger partial charge in [-0.25, -0.2) is 0 Å². The van der Waals surface area contributed by atoms with Crippen molar-refractivity contribution in [1.29, 1.82) is 0 Å². The highest BCUT2D eigenvalue weighted by Gasteiger charge is 2.32. The van der Waals surface area contributed by atoms with Gasteiger partial charge in [0.25, 0.3) is 10.2 Å². The van der Waals surface area contributed by atoms with E-state index in [-0.39, 0.29) is 11.8 Å². The van der Waals surface area contributed by atoms with E-state index < -0.39 is 10.2 Å². The summed E-state index contributed by atoms with van der Waals surface area (Å²) in [6.45, 7) is 0.671. The minimum absolute atomic E-state index is 0.127. The second kappa shape index (κ2) is 7.69. The largest absolute Gasteiger partial charge is 0.495 e. The Hall–Kier alpha value is -1.35. The molecule has 0 atom stereocenters. The number of benzene rings is 1. The summed E-state index contributed by atoms with van der Waals surface area (Å²) in [4.78, 5) is 12.4. The minimum atomic E-state index is -3.42. The number of hydrogen-bond acceptors (Lipinski definition) is 4. The number of hydrogen-bond donors (Lipinski definition) is 1. The van der Waals surface area contributed by atoms with Crippen molar-refractivity contribution in [3.8, 4) is 5.75 Å². The molecule has 0 saturated carbocycles. The Kier molecular flexibility index (Phi) is 6.08. The molecule has 1 fully saturated rings. The SMILES string of the molecule is COc1ccc(NC(=O)C2CCN(S(=O)(=O)N(C)C)CC2)cc1Cl. The summed E-state index contributed by atoms with van der Waals surface area (Å²) in [7, 11) is 1.11. The van der Waals surface area contributed by atoms with Crippen molar-refractivity contribution in [2.75, 3.05) is 39.6 Å². The number of anilines is 1. The first kappa shape index (κ1) is 19.0. The summed E-state index contributed by atoms with van der Waals surface area (Å²) < 4.78 is 31.8. The Morgan fingerprint density at radius 2 is 1.96 bits per heavy atom. The molecule has 1 N–H and O–H groups in total. The third-order valence-electron chi connectivity index (χ3n) is 4.03. The lowest BCUT2D eigenvalue weighted by Crippen LogP contribution is -2.46. The zero-order valence-electron chi connectivity index (χ0n) is 14.0. The number of methoxy groups -OCH3 is 1. The molecule has 24 heavy (non-hydrogen) atoms. The standard InChI is InChI=1S/C15H22ClN3O4S/c1-18(2)24(21,22)19-8-6-11(7-9-19)15(20)17-12-4-5-14(23-3)13(16)10-12/h4-5,10-11H,6-9H2,1-3H3,(H,17,20). The minimum Gasteiger partial charge on any atom is -0.495 e. The Morgan fingerprint density at radius 3 is 2.46 bits per heavy atom. The van der Waals surface area contributed by atoms with Crippen molar-refractivity contribution in [3.63, 3.8) is 0 Å². The van der Waals surface area contributed by atoms with Gasteiger partial charge < -0.3 is 10.1 Å². The van der Waals surface area contributed by atoms with Gasteiger partial charge in [0.1, 0.15) is 5.75 Å². The van der Waals surface area contributed by atoms with Crippen molar-refractivity contribution >= 4 is 33.4 Å². The highest BCUT2D eigenvalue weighted by atomic mass is 35.5. The van der Waals surface area contributed by atoms with Gasteiger partial charge in [0.05, 0.1) is 12.1 Å². The maximum absolute atomic E-state index is 12.4. The smallest absolute Gasteiger partial charge is 0.281 e. The maximum atomic E-state index is 12.4. The van der Waals surface area contributed by atoms with Crippen LogP contribution in [0.4, 0.5) is 5.69 Å². The van der Waals surface area contributed by atoms with E-state index in [4.69, 9.17) is 16.3 Å². The quantitative estimate of drug-likeness (QED) is 0.851. The van der Waals surface area contributed by atoms with Crippen molar-refractivity contribution < 1.29 is 17.9 Å². The number of amides is 1. The third-order valence-corrected chi connectivity index (χ3v) is 6.27. The lowest BCUT2D eigenvalue weighted by molar-refractivity contribution is -0.120. The van der Waals surface area contributed by atoms with Gasteiger partial charge in [-0.2, -0.15) is 17.0 Å². The predicted octanol–water partition coefficient (Wildman–Crippen LogP) is 1.81. The molecule has 1 saturated heterocycles. The number of piperidine rings is 1. The van der Waals surface area contributed by atoms with Crippen LogP contribution < -0.4 is 10.1 Å². The van der Waals surface area contributed by atoms with Gasteiger partial charge in [-0.05, 0) is 31.0 Å². The summed E-state index contributed by atoms with van der Waals surface area (Å²) in [6.07, 6.45) is 0.978. The third kappa shape index (κ3) is 4.18. The summed E-state index contributed by atoms with van der Waals surface area (Å²) in [5.41, 5.74) is 0.592. The zero-order chi connectivity index (χ0) is 17.9. The summed E-state index contributed by atoms with van der Waals surface area (Å²) in [5.74, 6) is 0.189. The molecule has 0 aromatic heterocycles. The molecule has 0 bridgehead atoms. The molecule has 0 aliphatic carbocycles. The molecule has 1 aliphatic heterocycles. The molecule has 1 aliphatic rings. The topological polar surface area (TPSA) is 79.0 Å². The van der Waals surface area contributed by atoms with Gasteiger partial charge in [-0.3, -0.25) is 4.79 Å². The average Bonchev–Trinajstić information content (AvgIpc) is 2.55. The van der Waals surface area contributed by atoms with Crippen LogP contribution in [0.15, 0.2) is 18.2 Å². The van der Waals surface area contributed by atoms with E-state index in [1.54, 1.807) is 18.2 Å². The van der Waals surface area contributed by atoms with E-state index in [2.05, 4.69) is 5.32 Å². The summed E-state index contributed by atoms with van der Waals surface area (Å²) in [6, 6.07) is 5.03. The van der Waals surface area contributed by atoms with Gasteiger partial charge in [-0.1, -0.05) is 11.6 Å². The number of rotatable bonds is 5. The molecule has 0 unspecified atom stereocenters. The van der Waals surface area contributed by atoms with Gasteiger partial charge >= 0.3 is 0 Å². The van der Waals surface area contributed by atoms with Crippen LogP contribution in [0, 0.1) is 5.92 Å². The van der Waals surface area contributed by atoms with Crippen LogP contribution in [-0.4, -0.2) is 57.2 Å². The van der Waals surface area contributed by atoms with Crippen LogP contribution in [0.1, 0.15) is 12.8 Å². The van der Waals surface area contributed by atoms with Crippen LogP contribution >= 0.6 is 11.6 Å². The van der Waals surface area contributed by atoms with Crippen LogP contribution in [-0.2, 0) is 15.0 Å². The Morgan fingerprint density at radius 1 is 1.33 bits per heavy atom. The Labute approximate surface area is 147 Å². The fraction of sp³-hybridized carbons (Fsp3) is 0.533. The van der Waals surface area contributed by atoms with E-state index in [1.807, 2.05) is 0 Å². The highest BCUT2D eigenvalue weighted by Crippen LogP contribution is 2.28. The van der Waals surface area contributed by atoms with Crippen molar-refractivity contribution in [3.05, 3.63) is 23.2 Å². The Bertz CT molecular complexity index is 701. The van der Waals surface area contributed by atoms with Crippen LogP contribution in [0.25, 0.3) is 0 Å². The molecule has 2 rings (SSSR count). The molecule has 1 aromatic carbocycles. The normalized spacial score (nSPS) is 17.0. The first-order valence-electron chi connectivity index (χ1n) is 7.57. The van der Waals surface area contributed by atoms with Crippen molar-refractivity contribution in [2.24, 2.45) is 5.92 Å². The first-order chi connectivity index (χ1) is 11.3. The second-order valence-corrected chi connectivity index (χ2v) is 8.35. The van der Waals surface area contributed by atoms with Crippen LogP contribution in [0.2, 0.25) is 5.02 Å². The first-order valence-corrected chi connectivity index (χ1v) is 9.35. The molecular formula is C15H22ClN3O4S. The molecule has 0 radical (unpaired) electrons. The number of carbonyl (C=O) groups is 1. The van der Waals surface area contributed by atoms with Gasteiger partial charge in [0, 0.05) is 38.8 Å². The number of halogens is 1. The Balaban J connectivity index is 1.95. The van der Waals surface area contributed by atoms with Gasteiger partial charge in [0.2, 0.25) is 5.91 Å². The van der Waals surface area contributed by atoms with Crippen molar-refractivity contribution in [2.45, 2.75) is 12.8 Å².